The van der Waals surface area contributed by atoms with Crippen molar-refractivity contribution in [1.29, 1.82) is 5.26 Å². The predicted octanol–water partition coefficient (Wildman–Crippen LogP) is 4.49. The van der Waals surface area contributed by atoms with Crippen molar-refractivity contribution in [3.8, 4) is 17.2 Å². The number of sulfone groups is 1. The minimum absolute atomic E-state index is 0.0530. The molecule has 0 radical (unpaired) electrons. The van der Waals surface area contributed by atoms with Gasteiger partial charge in [0, 0.05) is 13.0 Å². The van der Waals surface area contributed by atoms with Crippen LogP contribution in [-0.2, 0) is 25.8 Å². The maximum atomic E-state index is 13.0. The molecule has 2 atom stereocenters. The average molecular weight is 526 g/mol. The fraction of sp³-hybridized carbons (Fsp3) is 0.464. The molecule has 0 aromatic heterocycles. The lowest BCUT2D eigenvalue weighted by molar-refractivity contribution is -0.128. The Morgan fingerprint density at radius 2 is 1.68 bits per heavy atom. The van der Waals surface area contributed by atoms with Gasteiger partial charge in [-0.3, -0.25) is 9.69 Å². The molecule has 2 aromatic rings. The van der Waals surface area contributed by atoms with Crippen molar-refractivity contribution >= 4 is 21.8 Å². The van der Waals surface area contributed by atoms with Crippen molar-refractivity contribution < 1.29 is 22.7 Å². The summed E-state index contributed by atoms with van der Waals surface area (Å²) in [7, 11) is -3.25. The third kappa shape index (κ3) is 7.56. The van der Waals surface area contributed by atoms with E-state index in [1.165, 1.54) is 4.90 Å². The smallest absolute Gasteiger partial charge is 0.410 e. The molecule has 2 amide bonds. The van der Waals surface area contributed by atoms with E-state index in [0.29, 0.717) is 24.3 Å². The van der Waals surface area contributed by atoms with E-state index >= 15 is 0 Å². The van der Waals surface area contributed by atoms with Crippen LogP contribution in [0.1, 0.15) is 52.5 Å². The predicted molar refractivity (Wildman–Crippen MR) is 141 cm³/mol. The molecule has 8 nitrogen and oxygen atoms in total. The highest BCUT2D eigenvalue weighted by molar-refractivity contribution is 7.91. The molecule has 2 aromatic carbocycles. The maximum Gasteiger partial charge on any atom is 0.410 e. The number of hydrogen-bond donors (Lipinski definition) is 1. The minimum atomic E-state index is -3.25. The zero-order valence-corrected chi connectivity index (χ0v) is 22.7. The molecule has 1 fully saturated rings. The summed E-state index contributed by atoms with van der Waals surface area (Å²) in [6.07, 6.45) is 1.94. The van der Waals surface area contributed by atoms with Crippen LogP contribution in [0.2, 0.25) is 0 Å². The van der Waals surface area contributed by atoms with E-state index in [1.807, 2.05) is 24.3 Å². The van der Waals surface area contributed by atoms with Crippen molar-refractivity contribution in [2.75, 3.05) is 12.3 Å². The number of nitrogens with one attached hydrogen (secondary N) is 1. The quantitative estimate of drug-likeness (QED) is 0.569. The fourth-order valence-corrected chi connectivity index (χ4v) is 5.11. The van der Waals surface area contributed by atoms with Crippen molar-refractivity contribution in [3.05, 3.63) is 54.1 Å². The summed E-state index contributed by atoms with van der Waals surface area (Å²) in [5.41, 5.74) is 2.00. The molecule has 0 aliphatic carbocycles. The molecule has 3 rings (SSSR count). The van der Waals surface area contributed by atoms with Crippen molar-refractivity contribution in [2.45, 2.75) is 76.0 Å². The summed E-state index contributed by atoms with van der Waals surface area (Å²) in [6.45, 7) is 7.41. The summed E-state index contributed by atoms with van der Waals surface area (Å²) in [6, 6.07) is 15.1. The van der Waals surface area contributed by atoms with Gasteiger partial charge in [-0.25, -0.2) is 13.2 Å². The van der Waals surface area contributed by atoms with E-state index in [2.05, 4.69) is 11.4 Å². The molecule has 1 N–H and O–H groups in total. The van der Waals surface area contributed by atoms with E-state index in [9.17, 15) is 23.3 Å². The van der Waals surface area contributed by atoms with Crippen LogP contribution < -0.4 is 5.32 Å². The third-order valence-electron chi connectivity index (χ3n) is 6.23. The van der Waals surface area contributed by atoms with Gasteiger partial charge in [0.2, 0.25) is 5.91 Å². The summed E-state index contributed by atoms with van der Waals surface area (Å²) in [4.78, 5) is 27.4. The number of nitriles is 1. The van der Waals surface area contributed by atoms with E-state index in [1.54, 1.807) is 52.0 Å². The van der Waals surface area contributed by atoms with Gasteiger partial charge < -0.3 is 10.1 Å². The molecule has 198 valence electrons. The largest absolute Gasteiger partial charge is 0.444 e. The van der Waals surface area contributed by atoms with Gasteiger partial charge in [0.1, 0.15) is 17.7 Å². The van der Waals surface area contributed by atoms with Crippen LogP contribution in [0.5, 0.6) is 0 Å². The van der Waals surface area contributed by atoms with Gasteiger partial charge in [-0.1, -0.05) is 43.3 Å². The van der Waals surface area contributed by atoms with Gasteiger partial charge >= 0.3 is 6.09 Å². The SMILES string of the molecule is CCS(=O)(=O)c1ccc(-c2ccc(C[C@@H](C#N)NC(=O)[C@@H]3CCCCN3C(=O)OC(C)(C)C)cc2)cc1. The molecule has 37 heavy (non-hydrogen) atoms. The highest BCUT2D eigenvalue weighted by Crippen LogP contribution is 2.24. The third-order valence-corrected chi connectivity index (χ3v) is 7.98. The van der Waals surface area contributed by atoms with Crippen LogP contribution in [0.4, 0.5) is 4.79 Å². The van der Waals surface area contributed by atoms with Crippen LogP contribution in [0, 0.1) is 11.3 Å². The Morgan fingerprint density at radius 1 is 1.08 bits per heavy atom. The Balaban J connectivity index is 1.64. The molecule has 1 saturated heterocycles. The monoisotopic (exact) mass is 525 g/mol. The fourth-order valence-electron chi connectivity index (χ4n) is 4.23. The van der Waals surface area contributed by atoms with Gasteiger partial charge in [-0.15, -0.1) is 0 Å². The molecule has 1 heterocycles. The molecule has 9 heteroatoms. The van der Waals surface area contributed by atoms with Crippen LogP contribution >= 0.6 is 0 Å². The molecular formula is C28H35N3O5S. The number of carbonyl (C=O) groups is 2. The first kappa shape index (κ1) is 28.2. The number of hydrogen-bond acceptors (Lipinski definition) is 6. The lowest BCUT2D eigenvalue weighted by atomic mass is 9.99. The summed E-state index contributed by atoms with van der Waals surface area (Å²) < 4.78 is 29.5. The van der Waals surface area contributed by atoms with Crippen molar-refractivity contribution in [2.24, 2.45) is 0 Å². The molecule has 0 bridgehead atoms. The first-order valence-corrected chi connectivity index (χ1v) is 14.2. The number of benzene rings is 2. The number of likely N-dealkylation sites (tertiary alicyclic amines) is 1. The summed E-state index contributed by atoms with van der Waals surface area (Å²) >= 11 is 0. The standard InChI is InChI=1S/C28H35N3O5S/c1-5-37(34,35)24-15-13-22(14-16-24)21-11-9-20(10-12-21)18-23(19-29)30-26(32)25-8-6-7-17-31(25)27(33)36-28(2,3)4/h9-16,23,25H,5-8,17-18H2,1-4H3,(H,30,32)/t23-,25-/m0/s1. The second-order valence-electron chi connectivity index (χ2n) is 10.2. The molecular weight excluding hydrogens is 490 g/mol. The molecule has 0 spiro atoms. The molecule has 0 saturated carbocycles. The molecule has 1 aliphatic rings. The first-order valence-electron chi connectivity index (χ1n) is 12.6. The Bertz CT molecular complexity index is 1240. The second-order valence-corrected chi connectivity index (χ2v) is 12.5. The Hall–Kier alpha value is -3.38. The number of piperidine rings is 1. The zero-order valence-electron chi connectivity index (χ0n) is 21.9. The van der Waals surface area contributed by atoms with E-state index < -0.39 is 33.6 Å². The second kappa shape index (κ2) is 11.8. The van der Waals surface area contributed by atoms with Gasteiger partial charge in [-0.05, 0) is 68.9 Å². The number of rotatable bonds is 7. The van der Waals surface area contributed by atoms with E-state index in [0.717, 1.165) is 29.5 Å². The van der Waals surface area contributed by atoms with Crippen LogP contribution in [0.15, 0.2) is 53.4 Å². The van der Waals surface area contributed by atoms with Gasteiger partial charge in [0.05, 0.1) is 16.7 Å². The highest BCUT2D eigenvalue weighted by Gasteiger charge is 2.35. The number of ether oxygens (including phenoxy) is 1. The average Bonchev–Trinajstić information content (AvgIpc) is 2.87. The van der Waals surface area contributed by atoms with Crippen LogP contribution in [0.3, 0.4) is 0 Å². The van der Waals surface area contributed by atoms with Crippen LogP contribution in [-0.4, -0.2) is 55.3 Å². The molecule has 0 unspecified atom stereocenters. The molecule has 1 aliphatic heterocycles. The van der Waals surface area contributed by atoms with Gasteiger partial charge in [-0.2, -0.15) is 5.26 Å². The number of nitrogens with zero attached hydrogens (tertiary/aromatic N) is 2. The summed E-state index contributed by atoms with van der Waals surface area (Å²) in [5.74, 6) is -0.298. The topological polar surface area (TPSA) is 117 Å². The highest BCUT2D eigenvalue weighted by atomic mass is 32.2. The van der Waals surface area contributed by atoms with Crippen LogP contribution in [0.25, 0.3) is 11.1 Å². The van der Waals surface area contributed by atoms with E-state index in [-0.39, 0.29) is 11.7 Å². The van der Waals surface area contributed by atoms with Crippen molar-refractivity contribution in [1.82, 2.24) is 10.2 Å². The Kier molecular flexibility index (Phi) is 8.98. The lowest BCUT2D eigenvalue weighted by Crippen LogP contribution is -2.54. The van der Waals surface area contributed by atoms with E-state index in [4.69, 9.17) is 4.74 Å². The zero-order chi connectivity index (χ0) is 27.2. The van der Waals surface area contributed by atoms with Gasteiger partial charge in [0.15, 0.2) is 9.84 Å². The minimum Gasteiger partial charge on any atom is -0.444 e. The Labute approximate surface area is 219 Å². The Morgan fingerprint density at radius 3 is 2.22 bits per heavy atom. The number of amides is 2. The lowest BCUT2D eigenvalue weighted by Gasteiger charge is -2.36. The first-order chi connectivity index (χ1) is 17.4. The van der Waals surface area contributed by atoms with Gasteiger partial charge in [0.25, 0.3) is 0 Å². The normalized spacial score (nSPS) is 16.9. The van der Waals surface area contributed by atoms with Crippen molar-refractivity contribution in [3.63, 3.8) is 0 Å². The maximum absolute atomic E-state index is 13.0. The number of carbonyl (C=O) groups excluding carboxylic acids is 2. The summed E-state index contributed by atoms with van der Waals surface area (Å²) in [5, 5.41) is 12.5.